The van der Waals surface area contributed by atoms with Crippen LogP contribution in [0.15, 0.2) is 60.2 Å². The zero-order valence-electron chi connectivity index (χ0n) is 24.2. The van der Waals surface area contributed by atoms with E-state index in [1.54, 1.807) is 0 Å². The molecular weight excluding hydrogens is 464 g/mol. The largest absolute Gasteiger partial charge is 0.459 e. The molecule has 206 valence electrons. The van der Waals surface area contributed by atoms with Crippen molar-refractivity contribution in [1.29, 1.82) is 0 Å². The summed E-state index contributed by atoms with van der Waals surface area (Å²) in [6, 6.07) is 18.5. The van der Waals surface area contributed by atoms with Crippen molar-refractivity contribution in [3.8, 4) is 11.1 Å². The van der Waals surface area contributed by atoms with Gasteiger partial charge in [-0.05, 0) is 105 Å². The molecule has 0 bridgehead atoms. The zero-order chi connectivity index (χ0) is 26.7. The summed E-state index contributed by atoms with van der Waals surface area (Å²) in [6.07, 6.45) is 19.0. The molecule has 0 amide bonds. The van der Waals surface area contributed by atoms with Gasteiger partial charge in [0.25, 0.3) is 0 Å². The Hall–Kier alpha value is -2.35. The van der Waals surface area contributed by atoms with Gasteiger partial charge in [0.15, 0.2) is 0 Å². The van der Waals surface area contributed by atoms with Crippen molar-refractivity contribution in [3.05, 3.63) is 71.3 Å². The predicted molar refractivity (Wildman–Crippen MR) is 160 cm³/mol. The van der Waals surface area contributed by atoms with Gasteiger partial charge in [0.2, 0.25) is 0 Å². The topological polar surface area (TPSA) is 26.3 Å². The first-order chi connectivity index (χ1) is 18.6. The molecule has 0 saturated heterocycles. The number of hydrogen-bond donors (Lipinski definition) is 0. The van der Waals surface area contributed by atoms with E-state index in [1.807, 2.05) is 6.92 Å². The van der Waals surface area contributed by atoms with Crippen molar-refractivity contribution in [2.45, 2.75) is 129 Å². The Labute approximate surface area is 232 Å². The summed E-state index contributed by atoms with van der Waals surface area (Å²) >= 11 is 0. The number of ether oxygens (including phenoxy) is 1. The summed E-state index contributed by atoms with van der Waals surface area (Å²) in [5.74, 6) is 2.09. The van der Waals surface area contributed by atoms with Crippen molar-refractivity contribution in [2.24, 2.45) is 5.92 Å². The van der Waals surface area contributed by atoms with Crippen LogP contribution in [0.25, 0.3) is 11.1 Å². The molecule has 1 fully saturated rings. The number of rotatable bonds is 12. The van der Waals surface area contributed by atoms with Gasteiger partial charge in [-0.15, -0.1) is 0 Å². The summed E-state index contributed by atoms with van der Waals surface area (Å²) in [5, 5.41) is 0. The molecule has 0 spiro atoms. The Morgan fingerprint density at radius 2 is 1.42 bits per heavy atom. The number of esters is 1. The summed E-state index contributed by atoms with van der Waals surface area (Å²) in [7, 11) is 0. The van der Waals surface area contributed by atoms with E-state index < -0.39 is 0 Å². The molecule has 2 unspecified atom stereocenters. The summed E-state index contributed by atoms with van der Waals surface area (Å²) in [4.78, 5) is 12.6. The quantitative estimate of drug-likeness (QED) is 0.208. The second kappa shape index (κ2) is 14.7. The fraction of sp³-hybridized carbons (Fsp3) is 0.583. The Balaban J connectivity index is 1.26. The molecule has 0 N–H and O–H groups in total. The van der Waals surface area contributed by atoms with Crippen LogP contribution in [0.1, 0.15) is 134 Å². The lowest BCUT2D eigenvalue weighted by Gasteiger charge is -2.28. The molecular formula is C36H50O2. The first-order valence-electron chi connectivity index (χ1n) is 15.7. The maximum Gasteiger partial charge on any atom is 0.333 e. The van der Waals surface area contributed by atoms with E-state index in [0.717, 1.165) is 49.5 Å². The highest BCUT2D eigenvalue weighted by Crippen LogP contribution is 2.38. The van der Waals surface area contributed by atoms with Gasteiger partial charge in [-0.3, -0.25) is 0 Å². The first-order valence-corrected chi connectivity index (χ1v) is 15.7. The summed E-state index contributed by atoms with van der Waals surface area (Å²) in [5.41, 5.74) is 6.36. The lowest BCUT2D eigenvalue weighted by atomic mass is 9.77. The van der Waals surface area contributed by atoms with E-state index >= 15 is 0 Å². The minimum Gasteiger partial charge on any atom is -0.459 e. The van der Waals surface area contributed by atoms with Crippen LogP contribution in [-0.4, -0.2) is 12.1 Å². The predicted octanol–water partition coefficient (Wildman–Crippen LogP) is 10.5. The molecule has 4 rings (SSSR count). The SMILES string of the molecule is CCCCCCC(C)OC(=O)C1=CCC(c2ccc(-c3ccc([C@H]4CC[C@H](CCC)CC4)cc3)cc2)CC1. The molecule has 2 heteroatoms. The normalized spacial score (nSPS) is 22.5. The molecule has 2 aliphatic carbocycles. The lowest BCUT2D eigenvalue weighted by Crippen LogP contribution is -2.18. The van der Waals surface area contributed by atoms with E-state index in [-0.39, 0.29) is 12.1 Å². The second-order valence-electron chi connectivity index (χ2n) is 12.0. The molecule has 2 aromatic carbocycles. The van der Waals surface area contributed by atoms with Crippen LogP contribution in [0, 0.1) is 5.92 Å². The van der Waals surface area contributed by atoms with Gasteiger partial charge in [0, 0.05) is 5.57 Å². The highest BCUT2D eigenvalue weighted by Gasteiger charge is 2.23. The van der Waals surface area contributed by atoms with Gasteiger partial charge in [-0.2, -0.15) is 0 Å². The summed E-state index contributed by atoms with van der Waals surface area (Å²) in [6.45, 7) is 6.57. The van der Waals surface area contributed by atoms with Crippen LogP contribution >= 0.6 is 0 Å². The molecule has 38 heavy (non-hydrogen) atoms. The third-order valence-corrected chi connectivity index (χ3v) is 9.09. The Kier molecular flexibility index (Phi) is 11.1. The number of unbranched alkanes of at least 4 members (excludes halogenated alkanes) is 3. The Bertz CT molecular complexity index is 1010. The maximum atomic E-state index is 12.6. The third-order valence-electron chi connectivity index (χ3n) is 9.09. The molecule has 0 radical (unpaired) electrons. The zero-order valence-corrected chi connectivity index (χ0v) is 24.2. The molecule has 2 aromatic rings. The fourth-order valence-electron chi connectivity index (χ4n) is 6.59. The number of hydrogen-bond acceptors (Lipinski definition) is 2. The van der Waals surface area contributed by atoms with Gasteiger partial charge in [-0.25, -0.2) is 4.79 Å². The van der Waals surface area contributed by atoms with Crippen LogP contribution in [0.2, 0.25) is 0 Å². The van der Waals surface area contributed by atoms with Crippen molar-refractivity contribution in [1.82, 2.24) is 0 Å². The highest BCUT2D eigenvalue weighted by molar-refractivity contribution is 5.88. The molecule has 2 nitrogen and oxygen atoms in total. The molecule has 2 atom stereocenters. The van der Waals surface area contributed by atoms with Crippen LogP contribution < -0.4 is 0 Å². The van der Waals surface area contributed by atoms with E-state index in [0.29, 0.717) is 5.92 Å². The number of carbonyl (C=O) groups excluding carboxylic acids is 1. The molecule has 2 aliphatic rings. The number of carbonyl (C=O) groups is 1. The van der Waals surface area contributed by atoms with Crippen LogP contribution in [0.5, 0.6) is 0 Å². The average molecular weight is 515 g/mol. The molecule has 0 heterocycles. The fourth-order valence-corrected chi connectivity index (χ4v) is 6.59. The average Bonchev–Trinajstić information content (AvgIpc) is 2.96. The lowest BCUT2D eigenvalue weighted by molar-refractivity contribution is -0.144. The second-order valence-corrected chi connectivity index (χ2v) is 12.0. The van der Waals surface area contributed by atoms with Gasteiger partial charge < -0.3 is 4.74 Å². The van der Waals surface area contributed by atoms with Crippen LogP contribution in [0.3, 0.4) is 0 Å². The van der Waals surface area contributed by atoms with Crippen molar-refractivity contribution < 1.29 is 9.53 Å². The summed E-state index contributed by atoms with van der Waals surface area (Å²) < 4.78 is 5.73. The van der Waals surface area contributed by atoms with Crippen LogP contribution in [-0.2, 0) is 9.53 Å². The maximum absolute atomic E-state index is 12.6. The van der Waals surface area contributed by atoms with Crippen LogP contribution in [0.4, 0.5) is 0 Å². The Morgan fingerprint density at radius 1 is 0.789 bits per heavy atom. The molecule has 0 aliphatic heterocycles. The molecule has 0 aromatic heterocycles. The van der Waals surface area contributed by atoms with Crippen molar-refractivity contribution >= 4 is 5.97 Å². The number of allylic oxidation sites excluding steroid dienone is 1. The molecule has 1 saturated carbocycles. The smallest absolute Gasteiger partial charge is 0.333 e. The van der Waals surface area contributed by atoms with Gasteiger partial charge in [-0.1, -0.05) is 101 Å². The van der Waals surface area contributed by atoms with Gasteiger partial charge in [0.1, 0.15) is 0 Å². The minimum atomic E-state index is -0.0979. The van der Waals surface area contributed by atoms with Crippen molar-refractivity contribution in [3.63, 3.8) is 0 Å². The standard InChI is InChI=1S/C36H50O2/c1-4-6-7-8-10-27(3)38-36(37)35-25-23-34(24-26-35)33-21-19-32(20-22-33)31-17-15-30(16-18-31)29-13-11-28(9-5-2)12-14-29/h15-22,25,27-29,34H,4-14,23-24,26H2,1-3H3/t27?,28-,29-,34?. The van der Waals surface area contributed by atoms with Crippen molar-refractivity contribution in [2.75, 3.05) is 0 Å². The first kappa shape index (κ1) is 28.7. The van der Waals surface area contributed by atoms with E-state index in [4.69, 9.17) is 4.74 Å². The Morgan fingerprint density at radius 3 is 1.97 bits per heavy atom. The highest BCUT2D eigenvalue weighted by atomic mass is 16.5. The third kappa shape index (κ3) is 8.08. The van der Waals surface area contributed by atoms with Gasteiger partial charge >= 0.3 is 5.97 Å². The monoisotopic (exact) mass is 514 g/mol. The minimum absolute atomic E-state index is 0.0143. The van der Waals surface area contributed by atoms with Gasteiger partial charge in [0.05, 0.1) is 6.10 Å². The van der Waals surface area contributed by atoms with E-state index in [9.17, 15) is 4.79 Å². The van der Waals surface area contributed by atoms with E-state index in [2.05, 4.69) is 68.5 Å². The number of benzene rings is 2. The van der Waals surface area contributed by atoms with E-state index in [1.165, 1.54) is 80.0 Å².